The van der Waals surface area contributed by atoms with Gasteiger partial charge in [-0.1, -0.05) is 317 Å². The molecule has 0 heterocycles. The van der Waals surface area contributed by atoms with Crippen molar-refractivity contribution in [2.75, 3.05) is 39.6 Å². The lowest BCUT2D eigenvalue weighted by Gasteiger charge is -2.21. The molecule has 0 spiro atoms. The second kappa shape index (κ2) is 64.8. The molecule has 5 atom stereocenters. The van der Waals surface area contributed by atoms with E-state index in [0.29, 0.717) is 25.7 Å². The Hall–Kier alpha value is -1.94. The monoisotopic (exact) mass is 1310 g/mol. The highest BCUT2D eigenvalue weighted by Gasteiger charge is 2.30. The fraction of sp³-hybridized carbons (Fsp3) is 0.943. The Morgan fingerprint density at radius 3 is 0.663 bits per heavy atom. The summed E-state index contributed by atoms with van der Waals surface area (Å²) in [7, 11) is -9.89. The quantitative estimate of drug-likeness (QED) is 0.0222. The highest BCUT2D eigenvalue weighted by Crippen LogP contribution is 2.45. The van der Waals surface area contributed by atoms with Crippen molar-refractivity contribution < 1.29 is 80.2 Å². The zero-order valence-electron chi connectivity index (χ0n) is 57.4. The smallest absolute Gasteiger partial charge is 0.462 e. The summed E-state index contributed by atoms with van der Waals surface area (Å²) in [6, 6.07) is 0. The molecule has 17 nitrogen and oxygen atoms in total. The fourth-order valence-corrected chi connectivity index (χ4v) is 12.3. The average Bonchev–Trinajstić information content (AvgIpc) is 3.56. The first-order chi connectivity index (χ1) is 43.2. The van der Waals surface area contributed by atoms with E-state index in [-0.39, 0.29) is 25.7 Å². The number of phosphoric ester groups is 2. The van der Waals surface area contributed by atoms with Gasteiger partial charge in [0.25, 0.3) is 0 Å². The first-order valence-corrected chi connectivity index (χ1v) is 39.8. The topological polar surface area (TPSA) is 237 Å². The molecule has 0 radical (unpaired) electrons. The van der Waals surface area contributed by atoms with Gasteiger partial charge in [0, 0.05) is 25.7 Å². The molecule has 19 heteroatoms. The maximum absolute atomic E-state index is 13.0. The third-order valence-electron chi connectivity index (χ3n) is 16.4. The van der Waals surface area contributed by atoms with Gasteiger partial charge in [-0.2, -0.15) is 0 Å². The Labute approximate surface area is 543 Å². The van der Waals surface area contributed by atoms with Gasteiger partial charge in [0.2, 0.25) is 0 Å². The van der Waals surface area contributed by atoms with E-state index in [1.807, 2.05) is 0 Å². The molecular formula is C70H136O17P2. The Morgan fingerprint density at radius 1 is 0.270 bits per heavy atom. The van der Waals surface area contributed by atoms with Gasteiger partial charge in [-0.25, -0.2) is 9.13 Å². The third kappa shape index (κ3) is 64.6. The average molecular weight is 1310 g/mol. The number of hydrogen-bond acceptors (Lipinski definition) is 15. The van der Waals surface area contributed by atoms with Crippen molar-refractivity contribution in [2.45, 2.75) is 386 Å². The van der Waals surface area contributed by atoms with E-state index in [0.717, 1.165) is 96.3 Å². The number of hydrogen-bond donors (Lipinski definition) is 3. The standard InChI is InChI=1S/C70H136O17P2/c1-5-9-13-17-21-25-28-31-32-33-35-38-41-45-49-53-57-70(75)87-66(61-81-68(73)55-51-47-43-39-37-34-29-26-22-18-14-10-6-2)63-85-89(78,79)83-59-64(71)58-82-88(76,77)84-62-65(60-80-67(72)54-50-46-42-24-20-16-12-8-4)86-69(74)56-52-48-44-40-36-30-27-23-19-15-11-7-3/h64-66,71H,5-63H2,1-4H3,(H,76,77)(H,78,79)/t64-,65+,66+/m0/s1. The number of carbonyl (C=O) groups is 4. The third-order valence-corrected chi connectivity index (χ3v) is 18.3. The second-order valence-corrected chi connectivity index (χ2v) is 28.2. The highest BCUT2D eigenvalue weighted by molar-refractivity contribution is 7.47. The van der Waals surface area contributed by atoms with Crippen LogP contribution in [-0.4, -0.2) is 96.7 Å². The molecule has 2 unspecified atom stereocenters. The van der Waals surface area contributed by atoms with Crippen molar-refractivity contribution in [3.05, 3.63) is 0 Å². The van der Waals surface area contributed by atoms with Crippen LogP contribution in [0.4, 0.5) is 0 Å². The molecule has 0 aromatic rings. The Kier molecular flexibility index (Phi) is 63.3. The zero-order chi connectivity index (χ0) is 65.4. The van der Waals surface area contributed by atoms with E-state index in [1.165, 1.54) is 193 Å². The summed E-state index contributed by atoms with van der Waals surface area (Å²) in [5, 5.41) is 10.6. The minimum atomic E-state index is -4.95. The molecule has 0 saturated carbocycles. The van der Waals surface area contributed by atoms with E-state index in [2.05, 4.69) is 27.7 Å². The van der Waals surface area contributed by atoms with Crippen LogP contribution in [0.15, 0.2) is 0 Å². The Bertz CT molecular complexity index is 1710. The van der Waals surface area contributed by atoms with Gasteiger partial charge in [0.1, 0.15) is 19.3 Å². The first-order valence-electron chi connectivity index (χ1n) is 36.8. The molecule has 0 amide bonds. The van der Waals surface area contributed by atoms with Crippen molar-refractivity contribution in [1.82, 2.24) is 0 Å². The Balaban J connectivity index is 5.22. The molecule has 528 valence electrons. The lowest BCUT2D eigenvalue weighted by Crippen LogP contribution is -2.30. The zero-order valence-corrected chi connectivity index (χ0v) is 59.2. The lowest BCUT2D eigenvalue weighted by atomic mass is 10.0. The summed E-state index contributed by atoms with van der Waals surface area (Å²) in [5.41, 5.74) is 0. The van der Waals surface area contributed by atoms with Crippen LogP contribution in [0, 0.1) is 0 Å². The van der Waals surface area contributed by atoms with Crippen molar-refractivity contribution in [1.29, 1.82) is 0 Å². The van der Waals surface area contributed by atoms with Crippen molar-refractivity contribution in [3.63, 3.8) is 0 Å². The van der Waals surface area contributed by atoms with Crippen molar-refractivity contribution >= 4 is 39.5 Å². The summed E-state index contributed by atoms with van der Waals surface area (Å²) >= 11 is 0. The van der Waals surface area contributed by atoms with Crippen LogP contribution in [-0.2, 0) is 65.4 Å². The van der Waals surface area contributed by atoms with Gasteiger partial charge in [0.05, 0.1) is 26.4 Å². The van der Waals surface area contributed by atoms with Gasteiger partial charge >= 0.3 is 39.5 Å². The summed E-state index contributed by atoms with van der Waals surface area (Å²) < 4.78 is 68.2. The molecule has 0 saturated heterocycles. The summed E-state index contributed by atoms with van der Waals surface area (Å²) in [6.45, 7) is 4.93. The minimum Gasteiger partial charge on any atom is -0.462 e. The van der Waals surface area contributed by atoms with Gasteiger partial charge in [-0.05, 0) is 25.7 Å². The first kappa shape index (κ1) is 87.1. The van der Waals surface area contributed by atoms with E-state index < -0.39 is 97.5 Å². The van der Waals surface area contributed by atoms with Gasteiger partial charge in [0.15, 0.2) is 12.2 Å². The number of ether oxygens (including phenoxy) is 4. The predicted octanol–water partition coefficient (Wildman–Crippen LogP) is 20.3. The number of rotatable bonds is 71. The maximum atomic E-state index is 13.0. The molecule has 0 fully saturated rings. The normalized spacial score (nSPS) is 14.0. The molecule has 0 bridgehead atoms. The molecular weight excluding hydrogens is 1170 g/mol. The number of unbranched alkanes of at least 4 members (excludes halogenated alkanes) is 45. The maximum Gasteiger partial charge on any atom is 0.472 e. The van der Waals surface area contributed by atoms with Crippen molar-refractivity contribution in [2.24, 2.45) is 0 Å². The molecule has 0 aromatic heterocycles. The van der Waals surface area contributed by atoms with E-state index in [1.54, 1.807) is 0 Å². The van der Waals surface area contributed by atoms with Gasteiger partial charge in [-0.15, -0.1) is 0 Å². The summed E-state index contributed by atoms with van der Waals surface area (Å²) in [5.74, 6) is -2.12. The molecule has 0 aliphatic heterocycles. The molecule has 3 N–H and O–H groups in total. The number of aliphatic hydroxyl groups excluding tert-OH is 1. The highest BCUT2D eigenvalue weighted by atomic mass is 31.2. The lowest BCUT2D eigenvalue weighted by molar-refractivity contribution is -0.161. The van der Waals surface area contributed by atoms with Gasteiger partial charge in [-0.3, -0.25) is 37.3 Å². The van der Waals surface area contributed by atoms with Crippen molar-refractivity contribution in [3.8, 4) is 0 Å². The molecule has 0 aliphatic rings. The summed E-state index contributed by atoms with van der Waals surface area (Å²) in [6.07, 6.45) is 52.6. The fourth-order valence-electron chi connectivity index (χ4n) is 10.7. The van der Waals surface area contributed by atoms with E-state index >= 15 is 0 Å². The number of aliphatic hydroxyl groups is 1. The number of esters is 4. The van der Waals surface area contributed by atoms with E-state index in [9.17, 15) is 43.2 Å². The van der Waals surface area contributed by atoms with Crippen LogP contribution in [0.5, 0.6) is 0 Å². The van der Waals surface area contributed by atoms with Gasteiger partial charge < -0.3 is 33.8 Å². The molecule has 89 heavy (non-hydrogen) atoms. The van der Waals surface area contributed by atoms with E-state index in [4.69, 9.17) is 37.0 Å². The summed E-state index contributed by atoms with van der Waals surface area (Å²) in [4.78, 5) is 72.5. The van der Waals surface area contributed by atoms with Crippen LogP contribution >= 0.6 is 15.6 Å². The van der Waals surface area contributed by atoms with Crippen LogP contribution in [0.1, 0.15) is 368 Å². The predicted molar refractivity (Wildman–Crippen MR) is 359 cm³/mol. The SMILES string of the molecule is CCCCCCCCCCCCCCCCCCC(=O)O[C@H](COC(=O)CCCCCCCCCCCCCCC)COP(=O)(O)OC[C@@H](O)COP(=O)(O)OC[C@@H](COC(=O)CCCCCCCCCC)OC(=O)CCCCCCCCCCCCCC. The van der Waals surface area contributed by atoms with Crippen LogP contribution < -0.4 is 0 Å². The molecule has 0 aliphatic carbocycles. The number of carbonyl (C=O) groups excluding carboxylic acids is 4. The Morgan fingerprint density at radius 2 is 0.449 bits per heavy atom. The minimum absolute atomic E-state index is 0.108. The largest absolute Gasteiger partial charge is 0.472 e. The second-order valence-electron chi connectivity index (χ2n) is 25.3. The van der Waals surface area contributed by atoms with Crippen LogP contribution in [0.25, 0.3) is 0 Å². The van der Waals surface area contributed by atoms with Crippen LogP contribution in [0.2, 0.25) is 0 Å². The molecule has 0 rings (SSSR count). The van der Waals surface area contributed by atoms with Crippen LogP contribution in [0.3, 0.4) is 0 Å². The number of phosphoric acid groups is 2. The molecule has 0 aromatic carbocycles.